The molecule has 0 heterocycles. The average molecular weight is 287 g/mol. The number of para-hydroxylation sites is 1. The fraction of sp³-hybridized carbons (Fsp3) is 0.0556. The van der Waals surface area contributed by atoms with Crippen LogP contribution in [0.15, 0.2) is 54.1 Å². The van der Waals surface area contributed by atoms with Crippen LogP contribution in [0.2, 0.25) is 0 Å². The maximum Gasteiger partial charge on any atom is 0.266 e. The largest absolute Gasteiger partial charge is 0.321 e. The minimum atomic E-state index is -0.473. The molecule has 0 saturated heterocycles. The van der Waals surface area contributed by atoms with Crippen molar-refractivity contribution >= 4 is 17.7 Å². The number of anilines is 1. The van der Waals surface area contributed by atoms with E-state index in [1.165, 1.54) is 6.08 Å². The normalized spacial score (nSPS) is 10.4. The van der Waals surface area contributed by atoms with E-state index in [0.717, 1.165) is 5.56 Å². The van der Waals surface area contributed by atoms with Crippen LogP contribution in [-0.2, 0) is 4.79 Å². The minimum absolute atomic E-state index is 0.0154. The maximum absolute atomic E-state index is 12.2. The number of carbonyl (C=O) groups is 1. The van der Waals surface area contributed by atoms with Crippen LogP contribution in [0, 0.1) is 29.6 Å². The molecule has 0 aliphatic heterocycles. The van der Waals surface area contributed by atoms with Gasteiger partial charge in [0.15, 0.2) is 0 Å². The third-order valence-electron chi connectivity index (χ3n) is 3.09. The van der Waals surface area contributed by atoms with E-state index >= 15 is 0 Å². The van der Waals surface area contributed by atoms with E-state index in [2.05, 4.69) is 5.32 Å². The molecule has 1 amide bonds. The van der Waals surface area contributed by atoms with Gasteiger partial charge in [0.05, 0.1) is 11.6 Å². The summed E-state index contributed by atoms with van der Waals surface area (Å²) in [6.07, 6.45) is 1.47. The molecule has 2 rings (SSSR count). The fourth-order valence-corrected chi connectivity index (χ4v) is 1.92. The molecule has 1 N–H and O–H groups in total. The molecule has 0 atom stereocenters. The lowest BCUT2D eigenvalue weighted by Crippen LogP contribution is -2.14. The van der Waals surface area contributed by atoms with E-state index in [1.54, 1.807) is 30.3 Å². The molecule has 0 spiro atoms. The fourth-order valence-electron chi connectivity index (χ4n) is 1.92. The van der Waals surface area contributed by atoms with Gasteiger partial charge in [-0.25, -0.2) is 0 Å². The molecule has 0 radical (unpaired) electrons. The van der Waals surface area contributed by atoms with Crippen LogP contribution < -0.4 is 5.32 Å². The van der Waals surface area contributed by atoms with Gasteiger partial charge in [0, 0.05) is 5.69 Å². The van der Waals surface area contributed by atoms with Crippen molar-refractivity contribution in [2.24, 2.45) is 0 Å². The molecule has 0 aliphatic rings. The van der Waals surface area contributed by atoms with Gasteiger partial charge in [-0.2, -0.15) is 10.5 Å². The Kier molecular flexibility index (Phi) is 4.70. The molecule has 0 aliphatic carbocycles. The van der Waals surface area contributed by atoms with Gasteiger partial charge in [-0.1, -0.05) is 30.3 Å². The lowest BCUT2D eigenvalue weighted by molar-refractivity contribution is -0.112. The van der Waals surface area contributed by atoms with Crippen molar-refractivity contribution in [2.75, 3.05) is 5.32 Å². The van der Waals surface area contributed by atoms with Crippen molar-refractivity contribution in [3.05, 3.63) is 70.8 Å². The van der Waals surface area contributed by atoms with E-state index in [9.17, 15) is 10.1 Å². The summed E-state index contributed by atoms with van der Waals surface area (Å²) in [5, 5.41) is 20.8. The second-order valence-electron chi connectivity index (χ2n) is 4.68. The predicted molar refractivity (Wildman–Crippen MR) is 84.6 cm³/mol. The van der Waals surface area contributed by atoms with Crippen molar-refractivity contribution in [1.29, 1.82) is 10.5 Å². The van der Waals surface area contributed by atoms with Crippen molar-refractivity contribution in [2.45, 2.75) is 6.92 Å². The number of benzene rings is 2. The quantitative estimate of drug-likeness (QED) is 0.694. The number of rotatable bonds is 3. The Balaban J connectivity index is 2.26. The van der Waals surface area contributed by atoms with Gasteiger partial charge in [-0.05, 0) is 42.3 Å². The summed E-state index contributed by atoms with van der Waals surface area (Å²) in [6.45, 7) is 1.88. The number of aryl methyl sites for hydroxylation is 1. The lowest BCUT2D eigenvalue weighted by Gasteiger charge is -2.07. The molecule has 106 valence electrons. The van der Waals surface area contributed by atoms with Gasteiger partial charge < -0.3 is 5.32 Å². The zero-order valence-corrected chi connectivity index (χ0v) is 12.0. The number of nitrogens with zero attached hydrogens (tertiary/aromatic N) is 2. The first kappa shape index (κ1) is 15.0. The van der Waals surface area contributed by atoms with E-state index in [4.69, 9.17) is 5.26 Å². The van der Waals surface area contributed by atoms with E-state index in [0.29, 0.717) is 16.8 Å². The molecule has 4 heteroatoms. The first-order valence-corrected chi connectivity index (χ1v) is 6.63. The molecule has 2 aromatic carbocycles. The number of hydrogen-bond donors (Lipinski definition) is 1. The molecule has 2 aromatic rings. The highest BCUT2D eigenvalue weighted by molar-refractivity contribution is 6.09. The van der Waals surface area contributed by atoms with Crippen molar-refractivity contribution < 1.29 is 4.79 Å². The zero-order chi connectivity index (χ0) is 15.9. The van der Waals surface area contributed by atoms with Gasteiger partial charge in [0.25, 0.3) is 5.91 Å². The topological polar surface area (TPSA) is 76.7 Å². The number of hydrogen-bond acceptors (Lipinski definition) is 3. The van der Waals surface area contributed by atoms with Gasteiger partial charge in [0.1, 0.15) is 11.6 Å². The van der Waals surface area contributed by atoms with Crippen molar-refractivity contribution in [3.63, 3.8) is 0 Å². The van der Waals surface area contributed by atoms with Crippen LogP contribution in [-0.4, -0.2) is 5.91 Å². The molecular formula is C18H13N3O. The van der Waals surface area contributed by atoms with Gasteiger partial charge in [0.2, 0.25) is 0 Å². The number of nitrogens with one attached hydrogen (secondary N) is 1. The third kappa shape index (κ3) is 3.59. The monoisotopic (exact) mass is 287 g/mol. The Morgan fingerprint density at radius 2 is 1.91 bits per heavy atom. The summed E-state index contributed by atoms with van der Waals surface area (Å²) in [4.78, 5) is 12.2. The van der Waals surface area contributed by atoms with Crippen LogP contribution >= 0.6 is 0 Å². The molecule has 0 unspecified atom stereocenters. The molecular weight excluding hydrogens is 274 g/mol. The standard InChI is InChI=1S/C18H13N3O/c1-13-5-2-3-8-17(13)21-18(22)16(12-20)10-14-6-4-7-15(9-14)11-19/h2-10H,1H3,(H,21,22)/b16-10+. The Hall–Kier alpha value is -3.37. The predicted octanol–water partition coefficient (Wildman–Crippen LogP) is 3.41. The van der Waals surface area contributed by atoms with E-state index < -0.39 is 5.91 Å². The molecule has 4 nitrogen and oxygen atoms in total. The lowest BCUT2D eigenvalue weighted by atomic mass is 10.1. The first-order chi connectivity index (χ1) is 10.6. The summed E-state index contributed by atoms with van der Waals surface area (Å²) in [5.41, 5.74) is 2.68. The molecule has 22 heavy (non-hydrogen) atoms. The Morgan fingerprint density at radius 1 is 1.14 bits per heavy atom. The summed E-state index contributed by atoms with van der Waals surface area (Å²) in [5.74, 6) is -0.473. The number of amides is 1. The zero-order valence-electron chi connectivity index (χ0n) is 12.0. The van der Waals surface area contributed by atoms with Gasteiger partial charge in [-0.15, -0.1) is 0 Å². The maximum atomic E-state index is 12.2. The summed E-state index contributed by atoms with van der Waals surface area (Å²) < 4.78 is 0. The number of carbonyl (C=O) groups excluding carboxylic acids is 1. The highest BCUT2D eigenvalue weighted by Gasteiger charge is 2.10. The molecule has 0 saturated carbocycles. The Morgan fingerprint density at radius 3 is 2.59 bits per heavy atom. The highest BCUT2D eigenvalue weighted by Crippen LogP contribution is 2.15. The Bertz CT molecular complexity index is 823. The summed E-state index contributed by atoms with van der Waals surface area (Å²) in [7, 11) is 0. The minimum Gasteiger partial charge on any atom is -0.321 e. The van der Waals surface area contributed by atoms with Crippen LogP contribution in [0.3, 0.4) is 0 Å². The van der Waals surface area contributed by atoms with E-state index in [-0.39, 0.29) is 5.57 Å². The number of nitriles is 2. The summed E-state index contributed by atoms with van der Waals surface area (Å²) in [6, 6.07) is 18.0. The smallest absolute Gasteiger partial charge is 0.266 e. The molecule has 0 fully saturated rings. The van der Waals surface area contributed by atoms with Gasteiger partial charge >= 0.3 is 0 Å². The second kappa shape index (κ2) is 6.88. The van der Waals surface area contributed by atoms with E-state index in [1.807, 2.05) is 37.3 Å². The van der Waals surface area contributed by atoms with Crippen LogP contribution in [0.5, 0.6) is 0 Å². The second-order valence-corrected chi connectivity index (χ2v) is 4.68. The highest BCUT2D eigenvalue weighted by atomic mass is 16.1. The SMILES string of the molecule is Cc1ccccc1NC(=O)/C(C#N)=C/c1cccc(C#N)c1. The molecule has 0 aromatic heterocycles. The first-order valence-electron chi connectivity index (χ1n) is 6.63. The van der Waals surface area contributed by atoms with Crippen LogP contribution in [0.25, 0.3) is 6.08 Å². The van der Waals surface area contributed by atoms with Crippen molar-refractivity contribution in [3.8, 4) is 12.1 Å². The van der Waals surface area contributed by atoms with Crippen LogP contribution in [0.1, 0.15) is 16.7 Å². The van der Waals surface area contributed by atoms with Crippen molar-refractivity contribution in [1.82, 2.24) is 0 Å². The third-order valence-corrected chi connectivity index (χ3v) is 3.09. The average Bonchev–Trinajstić information content (AvgIpc) is 2.54. The van der Waals surface area contributed by atoms with Crippen LogP contribution in [0.4, 0.5) is 5.69 Å². The van der Waals surface area contributed by atoms with Gasteiger partial charge in [-0.3, -0.25) is 4.79 Å². The Labute approximate surface area is 128 Å². The molecule has 0 bridgehead atoms. The summed E-state index contributed by atoms with van der Waals surface area (Å²) >= 11 is 0.